The van der Waals surface area contributed by atoms with Crippen LogP contribution in [-0.4, -0.2) is 30.9 Å². The summed E-state index contributed by atoms with van der Waals surface area (Å²) < 4.78 is 11.0. The Morgan fingerprint density at radius 3 is 0.863 bits per heavy atom. The van der Waals surface area contributed by atoms with Gasteiger partial charge in [-0.1, -0.05) is 464 Å². The summed E-state index contributed by atoms with van der Waals surface area (Å²) in [5.41, 5.74) is 0. The highest BCUT2D eigenvalue weighted by atomic mass is 16.6. The van der Waals surface area contributed by atoms with Crippen LogP contribution in [0.15, 0.2) is 0 Å². The van der Waals surface area contributed by atoms with Gasteiger partial charge in [-0.15, -0.1) is 0 Å². The molecule has 0 N–H and O–H groups in total. The third-order valence-corrected chi connectivity index (χ3v) is 23.0. The van der Waals surface area contributed by atoms with E-state index in [1.807, 2.05) is 0 Å². The summed E-state index contributed by atoms with van der Waals surface area (Å²) in [5, 5.41) is 0. The van der Waals surface area contributed by atoms with Crippen LogP contribution >= 0.6 is 0 Å². The van der Waals surface area contributed by atoms with Gasteiger partial charge in [-0.05, 0) is 56.3 Å². The maximum absolute atomic E-state index is 12.9. The normalized spacial score (nSPS) is 15.1. The van der Waals surface area contributed by atoms with E-state index in [2.05, 4.69) is 27.7 Å². The molecule has 5 nitrogen and oxygen atoms in total. The minimum absolute atomic E-state index is 0.213. The topological polar surface area (TPSA) is 69.7 Å². The first-order valence-electron chi connectivity index (χ1n) is 44.5. The fourth-order valence-corrected chi connectivity index (χ4v) is 16.2. The molecule has 1 aliphatic carbocycles. The molecule has 0 spiro atoms. The van der Waals surface area contributed by atoms with E-state index in [9.17, 15) is 14.4 Å². The number of ketones is 1. The summed E-state index contributed by atoms with van der Waals surface area (Å²) in [4.78, 5) is 37.7. The van der Waals surface area contributed by atoms with E-state index in [0.717, 1.165) is 75.5 Å². The van der Waals surface area contributed by atoms with Gasteiger partial charge in [0.15, 0.2) is 0 Å². The first kappa shape index (κ1) is 91.6. The van der Waals surface area contributed by atoms with E-state index >= 15 is 0 Å². The van der Waals surface area contributed by atoms with Crippen LogP contribution < -0.4 is 0 Å². The zero-order valence-electron chi connectivity index (χ0n) is 66.0. The Bertz CT molecular complexity index is 1560. The highest BCUT2D eigenvalue weighted by Crippen LogP contribution is 2.49. The average molecular weight is 1340 g/mol. The first-order chi connectivity index (χ1) is 46.7. The Kier molecular flexibility index (Phi) is 71.2. The Balaban J connectivity index is 1.86. The van der Waals surface area contributed by atoms with Crippen LogP contribution in [0.25, 0.3) is 0 Å². The minimum atomic E-state index is -0.364. The Hall–Kier alpha value is -1.39. The molecule has 0 bridgehead atoms. The monoisotopic (exact) mass is 1340 g/mol. The van der Waals surface area contributed by atoms with Crippen molar-refractivity contribution in [2.45, 2.75) is 522 Å². The standard InChI is InChI=1S/C90H174O5/c1-7-9-11-13-15-17-19-21-23-25-26-27-28-29-30-35-42-48-54-60-66-72-78-86(90(93)94-6)89(95-84(5)91)80-74-68-62-56-50-44-38-37-41-47-53-59-65-71-77-85-81-87(85)82(3)75-69-63-57-51-45-39-34-31-32-36-43-49-55-61-67-73-79-88(92)83(4)76-70-64-58-52-46-40-33-24-22-20-18-16-14-12-10-8-2/h82-83,85-87,89H,7-81H2,1-6H3/t82-,83?,85-,86+,87+,89+/m0/s1. The molecule has 0 radical (unpaired) electrons. The lowest BCUT2D eigenvalue weighted by Crippen LogP contribution is -2.33. The number of hydrogen-bond acceptors (Lipinski definition) is 5. The zero-order chi connectivity index (χ0) is 68.6. The highest BCUT2D eigenvalue weighted by molar-refractivity contribution is 5.80. The van der Waals surface area contributed by atoms with E-state index in [4.69, 9.17) is 9.47 Å². The van der Waals surface area contributed by atoms with Crippen LogP contribution in [0, 0.1) is 29.6 Å². The molecule has 0 aromatic carbocycles. The van der Waals surface area contributed by atoms with Crippen LogP contribution in [-0.2, 0) is 23.9 Å². The number of Topliss-reactive ketones (excluding diaryl/α,β-unsaturated/α-hetero) is 1. The second-order valence-corrected chi connectivity index (χ2v) is 32.3. The molecule has 1 fully saturated rings. The molecule has 0 aromatic heterocycles. The van der Waals surface area contributed by atoms with E-state index < -0.39 is 0 Å². The van der Waals surface area contributed by atoms with Crippen molar-refractivity contribution in [2.24, 2.45) is 29.6 Å². The van der Waals surface area contributed by atoms with E-state index in [0.29, 0.717) is 5.78 Å². The molecule has 0 aromatic rings. The van der Waals surface area contributed by atoms with Crippen LogP contribution in [0.1, 0.15) is 516 Å². The van der Waals surface area contributed by atoms with Crippen LogP contribution in [0.3, 0.4) is 0 Å². The van der Waals surface area contributed by atoms with Crippen molar-refractivity contribution in [3.8, 4) is 0 Å². The third-order valence-electron chi connectivity index (χ3n) is 23.0. The van der Waals surface area contributed by atoms with Crippen molar-refractivity contribution in [3.05, 3.63) is 0 Å². The minimum Gasteiger partial charge on any atom is -0.469 e. The lowest BCUT2D eigenvalue weighted by molar-refractivity contribution is -0.160. The first-order valence-corrected chi connectivity index (χ1v) is 44.5. The van der Waals surface area contributed by atoms with Gasteiger partial charge in [0.05, 0.1) is 13.0 Å². The molecule has 0 amide bonds. The fraction of sp³-hybridized carbons (Fsp3) is 0.967. The summed E-state index contributed by atoms with van der Waals surface area (Å²) in [7, 11) is 1.48. The second kappa shape index (κ2) is 73.8. The largest absolute Gasteiger partial charge is 0.469 e. The molecular weight excluding hydrogens is 1160 g/mol. The fourth-order valence-electron chi connectivity index (χ4n) is 16.2. The predicted molar refractivity (Wildman–Crippen MR) is 419 cm³/mol. The highest BCUT2D eigenvalue weighted by Gasteiger charge is 2.39. The molecule has 0 heterocycles. The molecule has 1 unspecified atom stereocenters. The van der Waals surface area contributed by atoms with Gasteiger partial charge in [-0.3, -0.25) is 14.4 Å². The van der Waals surface area contributed by atoms with E-state index in [1.165, 1.54) is 438 Å². The van der Waals surface area contributed by atoms with Gasteiger partial charge in [-0.25, -0.2) is 0 Å². The quantitative estimate of drug-likeness (QED) is 0.0448. The van der Waals surface area contributed by atoms with Crippen molar-refractivity contribution in [1.29, 1.82) is 0 Å². The van der Waals surface area contributed by atoms with Gasteiger partial charge < -0.3 is 9.47 Å². The lowest BCUT2D eigenvalue weighted by atomic mass is 9.91. The number of hydrogen-bond donors (Lipinski definition) is 0. The van der Waals surface area contributed by atoms with Crippen LogP contribution in [0.5, 0.6) is 0 Å². The Morgan fingerprint density at radius 2 is 0.568 bits per heavy atom. The molecule has 564 valence electrons. The Labute approximate surface area is 597 Å². The van der Waals surface area contributed by atoms with Gasteiger partial charge in [0.2, 0.25) is 0 Å². The maximum Gasteiger partial charge on any atom is 0.312 e. The predicted octanol–water partition coefficient (Wildman–Crippen LogP) is 31.1. The van der Waals surface area contributed by atoms with Crippen LogP contribution in [0.2, 0.25) is 0 Å². The number of esters is 2. The van der Waals surface area contributed by atoms with Crippen molar-refractivity contribution < 1.29 is 23.9 Å². The van der Waals surface area contributed by atoms with Gasteiger partial charge in [-0.2, -0.15) is 0 Å². The molecule has 6 atom stereocenters. The van der Waals surface area contributed by atoms with E-state index in [-0.39, 0.29) is 29.9 Å². The molecular formula is C90H174O5. The number of unbranched alkanes of at least 4 members (excludes halogenated alkanes) is 64. The molecule has 0 saturated heterocycles. The lowest BCUT2D eigenvalue weighted by Gasteiger charge is -2.25. The number of methoxy groups -OCH3 is 1. The van der Waals surface area contributed by atoms with Crippen LogP contribution in [0.4, 0.5) is 0 Å². The number of carbonyl (C=O) groups is 3. The molecule has 0 aliphatic heterocycles. The maximum atomic E-state index is 12.9. The molecule has 5 heteroatoms. The molecule has 1 aliphatic rings. The summed E-state index contributed by atoms with van der Waals surface area (Å²) in [6.45, 7) is 10.8. The van der Waals surface area contributed by atoms with Gasteiger partial charge in [0.25, 0.3) is 0 Å². The van der Waals surface area contributed by atoms with Gasteiger partial charge in [0, 0.05) is 19.3 Å². The van der Waals surface area contributed by atoms with E-state index in [1.54, 1.807) is 0 Å². The number of carbonyl (C=O) groups excluding carboxylic acids is 3. The molecule has 95 heavy (non-hydrogen) atoms. The molecule has 1 rings (SSSR count). The molecule has 1 saturated carbocycles. The van der Waals surface area contributed by atoms with Crippen molar-refractivity contribution in [3.63, 3.8) is 0 Å². The summed E-state index contributed by atoms with van der Waals surface area (Å²) in [6, 6.07) is 0. The second-order valence-electron chi connectivity index (χ2n) is 32.3. The average Bonchev–Trinajstić information content (AvgIpc) is 1.72. The van der Waals surface area contributed by atoms with Gasteiger partial charge >= 0.3 is 11.9 Å². The number of rotatable bonds is 81. The van der Waals surface area contributed by atoms with Gasteiger partial charge in [0.1, 0.15) is 11.9 Å². The summed E-state index contributed by atoms with van der Waals surface area (Å²) >= 11 is 0. The number of ether oxygens (including phenoxy) is 2. The van der Waals surface area contributed by atoms with Crippen molar-refractivity contribution in [1.82, 2.24) is 0 Å². The third kappa shape index (κ3) is 64.5. The summed E-state index contributed by atoms with van der Waals surface area (Å²) in [6.07, 6.45) is 101. The smallest absolute Gasteiger partial charge is 0.312 e. The summed E-state index contributed by atoms with van der Waals surface area (Å²) in [5.74, 6) is 3.02. The van der Waals surface area contributed by atoms with Crippen molar-refractivity contribution >= 4 is 17.7 Å². The SMILES string of the molecule is CCCCCCCCCCCCCCCCCCCCCCCC[C@@H](C(=O)OC)[C@@H](CCCCCCCCCCCCCCCC[C@H]1C[C@@H]1[C@@H](C)CCCCCCCCCCCCCCCCCCC(=O)C(C)CCCCCCCCCCCCCCCCCC)OC(C)=O. The zero-order valence-corrected chi connectivity index (χ0v) is 66.0. The van der Waals surface area contributed by atoms with Crippen molar-refractivity contribution in [2.75, 3.05) is 7.11 Å². The Morgan fingerprint density at radius 1 is 0.316 bits per heavy atom.